The molecule has 1 aromatic carbocycles. The maximum absolute atomic E-state index is 5.28. The molecule has 22 heavy (non-hydrogen) atoms. The van der Waals surface area contributed by atoms with Gasteiger partial charge in [-0.05, 0) is 55.9 Å². The van der Waals surface area contributed by atoms with E-state index in [2.05, 4.69) is 34.1 Å². The second kappa shape index (κ2) is 6.11. The van der Waals surface area contributed by atoms with Crippen LogP contribution in [0.25, 0.3) is 0 Å². The molecule has 3 aliphatic rings. The Kier molecular flexibility index (Phi) is 4.00. The number of fused-ring (bicyclic) bond motifs is 2. The Bertz CT molecular complexity index is 481. The van der Waals surface area contributed by atoms with Crippen LogP contribution in [0.2, 0.25) is 0 Å². The van der Waals surface area contributed by atoms with Crippen LogP contribution in [-0.2, 0) is 0 Å². The van der Waals surface area contributed by atoms with Gasteiger partial charge in [-0.3, -0.25) is 4.90 Å². The van der Waals surface area contributed by atoms with Gasteiger partial charge in [-0.2, -0.15) is 0 Å². The fraction of sp³-hybridized carbons (Fsp3) is 0.684. The molecular formula is C19H28N2O. The Morgan fingerprint density at radius 1 is 0.955 bits per heavy atom. The van der Waals surface area contributed by atoms with Gasteiger partial charge in [0.15, 0.2) is 0 Å². The van der Waals surface area contributed by atoms with Crippen molar-refractivity contribution in [2.45, 2.75) is 50.6 Å². The van der Waals surface area contributed by atoms with Crippen molar-refractivity contribution in [1.82, 2.24) is 4.90 Å². The molecule has 2 aliphatic heterocycles. The SMILES string of the molecule is COc1ccc(N2CC3CCC(C2)N3CC2CCCC2)cc1. The molecule has 0 radical (unpaired) electrons. The van der Waals surface area contributed by atoms with E-state index < -0.39 is 0 Å². The van der Waals surface area contributed by atoms with E-state index in [1.807, 2.05) is 0 Å². The summed E-state index contributed by atoms with van der Waals surface area (Å²) in [5, 5.41) is 0. The van der Waals surface area contributed by atoms with Gasteiger partial charge in [-0.1, -0.05) is 12.8 Å². The molecule has 1 aliphatic carbocycles. The van der Waals surface area contributed by atoms with E-state index in [4.69, 9.17) is 4.74 Å². The van der Waals surface area contributed by atoms with Crippen molar-refractivity contribution in [1.29, 1.82) is 0 Å². The number of piperazine rings is 1. The average molecular weight is 300 g/mol. The van der Waals surface area contributed by atoms with Crippen LogP contribution >= 0.6 is 0 Å². The standard InChI is InChI=1S/C19H28N2O/c1-22-19-10-8-16(9-11-19)20-13-17-6-7-18(14-20)21(17)12-15-4-2-3-5-15/h8-11,15,17-18H,2-7,12-14H2,1H3. The third kappa shape index (κ3) is 2.71. The molecule has 2 unspecified atom stereocenters. The minimum Gasteiger partial charge on any atom is -0.497 e. The van der Waals surface area contributed by atoms with Crippen LogP contribution in [-0.4, -0.2) is 43.7 Å². The minimum atomic E-state index is 0.779. The maximum atomic E-state index is 5.28. The Morgan fingerprint density at radius 2 is 1.59 bits per heavy atom. The number of ether oxygens (including phenoxy) is 1. The van der Waals surface area contributed by atoms with Crippen LogP contribution < -0.4 is 9.64 Å². The number of nitrogens with zero attached hydrogens (tertiary/aromatic N) is 2. The van der Waals surface area contributed by atoms with Gasteiger partial charge in [0.25, 0.3) is 0 Å². The summed E-state index contributed by atoms with van der Waals surface area (Å²) >= 11 is 0. The largest absolute Gasteiger partial charge is 0.497 e. The van der Waals surface area contributed by atoms with Gasteiger partial charge in [-0.15, -0.1) is 0 Å². The van der Waals surface area contributed by atoms with Crippen LogP contribution in [0.1, 0.15) is 38.5 Å². The lowest BCUT2D eigenvalue weighted by Crippen LogP contribution is -2.54. The number of methoxy groups -OCH3 is 1. The normalized spacial score (nSPS) is 29.2. The Hall–Kier alpha value is -1.22. The van der Waals surface area contributed by atoms with E-state index in [0.717, 1.165) is 23.8 Å². The monoisotopic (exact) mass is 300 g/mol. The molecule has 0 aromatic heterocycles. The topological polar surface area (TPSA) is 15.7 Å². The molecule has 0 spiro atoms. The van der Waals surface area contributed by atoms with Crippen molar-refractivity contribution in [2.24, 2.45) is 5.92 Å². The van der Waals surface area contributed by atoms with Gasteiger partial charge < -0.3 is 9.64 Å². The summed E-state index contributed by atoms with van der Waals surface area (Å²) in [6.45, 7) is 3.77. The first kappa shape index (κ1) is 14.4. The van der Waals surface area contributed by atoms with Gasteiger partial charge in [0.2, 0.25) is 0 Å². The van der Waals surface area contributed by atoms with Gasteiger partial charge in [0, 0.05) is 37.4 Å². The number of hydrogen-bond acceptors (Lipinski definition) is 3. The molecule has 120 valence electrons. The van der Waals surface area contributed by atoms with E-state index in [1.165, 1.54) is 63.8 Å². The summed E-state index contributed by atoms with van der Waals surface area (Å²) in [6.07, 6.45) is 8.65. The second-order valence-electron chi connectivity index (χ2n) is 7.34. The second-order valence-corrected chi connectivity index (χ2v) is 7.34. The van der Waals surface area contributed by atoms with Crippen LogP contribution in [0.5, 0.6) is 5.75 Å². The summed E-state index contributed by atoms with van der Waals surface area (Å²) in [7, 11) is 1.73. The Labute approximate surface area is 134 Å². The average Bonchev–Trinajstić information content (AvgIpc) is 3.14. The lowest BCUT2D eigenvalue weighted by atomic mass is 10.0. The molecule has 3 nitrogen and oxygen atoms in total. The molecule has 2 atom stereocenters. The molecule has 3 fully saturated rings. The first-order valence-corrected chi connectivity index (χ1v) is 8.98. The van der Waals surface area contributed by atoms with Crippen molar-refractivity contribution in [3.63, 3.8) is 0 Å². The van der Waals surface area contributed by atoms with E-state index in [9.17, 15) is 0 Å². The fourth-order valence-electron chi connectivity index (χ4n) is 4.78. The zero-order valence-electron chi connectivity index (χ0n) is 13.7. The Morgan fingerprint density at radius 3 is 2.18 bits per heavy atom. The highest BCUT2D eigenvalue weighted by molar-refractivity contribution is 5.50. The van der Waals surface area contributed by atoms with Crippen molar-refractivity contribution < 1.29 is 4.74 Å². The summed E-state index contributed by atoms with van der Waals surface area (Å²) in [5.74, 6) is 1.93. The predicted molar refractivity (Wildman–Crippen MR) is 90.7 cm³/mol. The van der Waals surface area contributed by atoms with Crippen molar-refractivity contribution >= 4 is 5.69 Å². The summed E-state index contributed by atoms with van der Waals surface area (Å²) in [4.78, 5) is 5.45. The van der Waals surface area contributed by atoms with E-state index in [0.29, 0.717) is 0 Å². The first-order valence-electron chi connectivity index (χ1n) is 8.98. The summed E-state index contributed by atoms with van der Waals surface area (Å²) in [6, 6.07) is 10.2. The molecule has 1 aromatic rings. The van der Waals surface area contributed by atoms with E-state index in [1.54, 1.807) is 7.11 Å². The molecule has 0 amide bonds. The predicted octanol–water partition coefficient (Wildman–Crippen LogP) is 3.54. The van der Waals surface area contributed by atoms with Crippen LogP contribution in [0.4, 0.5) is 5.69 Å². The zero-order chi connectivity index (χ0) is 14.9. The highest BCUT2D eigenvalue weighted by Crippen LogP contribution is 2.36. The molecule has 2 heterocycles. The number of rotatable bonds is 4. The van der Waals surface area contributed by atoms with E-state index in [-0.39, 0.29) is 0 Å². The molecule has 4 rings (SSSR count). The lowest BCUT2D eigenvalue weighted by molar-refractivity contribution is 0.143. The van der Waals surface area contributed by atoms with Crippen molar-refractivity contribution in [3.05, 3.63) is 24.3 Å². The third-order valence-corrected chi connectivity index (χ3v) is 6.01. The molecule has 0 N–H and O–H groups in total. The zero-order valence-corrected chi connectivity index (χ0v) is 13.7. The van der Waals surface area contributed by atoms with Gasteiger partial charge >= 0.3 is 0 Å². The van der Waals surface area contributed by atoms with Gasteiger partial charge in [0.1, 0.15) is 5.75 Å². The molecule has 3 heteroatoms. The smallest absolute Gasteiger partial charge is 0.119 e. The summed E-state index contributed by atoms with van der Waals surface area (Å²) < 4.78 is 5.28. The Balaban J connectivity index is 1.42. The first-order chi connectivity index (χ1) is 10.8. The van der Waals surface area contributed by atoms with Gasteiger partial charge in [-0.25, -0.2) is 0 Å². The minimum absolute atomic E-state index is 0.779. The van der Waals surface area contributed by atoms with E-state index >= 15 is 0 Å². The third-order valence-electron chi connectivity index (χ3n) is 6.01. The highest BCUT2D eigenvalue weighted by Gasteiger charge is 2.40. The maximum Gasteiger partial charge on any atom is 0.119 e. The van der Waals surface area contributed by atoms with Crippen LogP contribution in [0, 0.1) is 5.92 Å². The number of benzene rings is 1. The van der Waals surface area contributed by atoms with Crippen LogP contribution in [0.3, 0.4) is 0 Å². The number of hydrogen-bond donors (Lipinski definition) is 0. The molecule has 2 saturated heterocycles. The van der Waals surface area contributed by atoms with Gasteiger partial charge in [0.05, 0.1) is 7.11 Å². The summed E-state index contributed by atoms with van der Waals surface area (Å²) in [5.41, 5.74) is 1.36. The quantitative estimate of drug-likeness (QED) is 0.846. The highest BCUT2D eigenvalue weighted by atomic mass is 16.5. The molecular weight excluding hydrogens is 272 g/mol. The number of anilines is 1. The lowest BCUT2D eigenvalue weighted by Gasteiger charge is -2.43. The van der Waals surface area contributed by atoms with Crippen LogP contribution in [0.15, 0.2) is 24.3 Å². The molecule has 2 bridgehead atoms. The van der Waals surface area contributed by atoms with Crippen molar-refractivity contribution in [3.8, 4) is 5.75 Å². The van der Waals surface area contributed by atoms with Crippen molar-refractivity contribution in [2.75, 3.05) is 31.6 Å². The molecule has 1 saturated carbocycles. The fourth-order valence-corrected chi connectivity index (χ4v) is 4.78.